The monoisotopic (exact) mass is 363 g/mol. The Balaban J connectivity index is 1.93. The maximum atomic E-state index is 5.40. The first-order valence-corrected chi connectivity index (χ1v) is 7.32. The van der Waals surface area contributed by atoms with Gasteiger partial charge in [0, 0.05) is 6.54 Å². The van der Waals surface area contributed by atoms with Gasteiger partial charge in [-0.25, -0.2) is 0 Å². The van der Waals surface area contributed by atoms with E-state index in [-0.39, 0.29) is 6.04 Å². The van der Waals surface area contributed by atoms with Crippen LogP contribution in [0.4, 0.5) is 0 Å². The minimum absolute atomic E-state index is 0.197. The third-order valence-electron chi connectivity index (χ3n) is 2.27. The van der Waals surface area contributed by atoms with Crippen LogP contribution in [0, 0.1) is 0 Å². The number of hydrogen-bond donors (Lipinski definition) is 1. The Morgan fingerprint density at radius 1 is 1.50 bits per heavy atom. The van der Waals surface area contributed by atoms with Gasteiger partial charge in [-0.05, 0) is 61.9 Å². The fraction of sp³-hybridized carbons (Fsp3) is 0.273. The number of halogens is 2. The highest BCUT2D eigenvalue weighted by Crippen LogP contribution is 2.25. The molecule has 0 radical (unpaired) electrons. The van der Waals surface area contributed by atoms with Crippen LogP contribution in [0.5, 0.6) is 0 Å². The molecular weight excluding hydrogens is 354 g/mol. The van der Waals surface area contributed by atoms with E-state index >= 15 is 0 Å². The molecule has 1 N–H and O–H groups in total. The molecule has 0 fully saturated rings. The smallest absolute Gasteiger partial charge is 0.134 e. The van der Waals surface area contributed by atoms with Gasteiger partial charge in [0.05, 0.1) is 20.6 Å². The second-order valence-electron chi connectivity index (χ2n) is 3.49. The molecule has 0 aromatic carbocycles. The minimum atomic E-state index is 0.197. The van der Waals surface area contributed by atoms with Gasteiger partial charge >= 0.3 is 0 Å². The largest absolute Gasteiger partial charge is 0.466 e. The van der Waals surface area contributed by atoms with Gasteiger partial charge in [0.25, 0.3) is 0 Å². The minimum Gasteiger partial charge on any atom is -0.466 e. The van der Waals surface area contributed by atoms with Gasteiger partial charge in [0.15, 0.2) is 0 Å². The molecule has 0 aliphatic carbocycles. The number of thiophene rings is 1. The summed E-state index contributed by atoms with van der Waals surface area (Å²) in [6.45, 7) is 2.93. The molecule has 5 heteroatoms. The van der Waals surface area contributed by atoms with Crippen molar-refractivity contribution in [3.05, 3.63) is 43.4 Å². The summed E-state index contributed by atoms with van der Waals surface area (Å²) in [5.74, 6) is 0.939. The highest BCUT2D eigenvalue weighted by atomic mass is 79.9. The number of furan rings is 1. The lowest BCUT2D eigenvalue weighted by atomic mass is 10.2. The normalized spacial score (nSPS) is 12.9. The maximum Gasteiger partial charge on any atom is 0.134 e. The fourth-order valence-electron chi connectivity index (χ4n) is 1.42. The average Bonchev–Trinajstić information content (AvgIpc) is 2.84. The molecule has 1 unspecified atom stereocenters. The van der Waals surface area contributed by atoms with Crippen molar-refractivity contribution in [1.82, 2.24) is 5.32 Å². The summed E-state index contributed by atoms with van der Waals surface area (Å²) in [6, 6.07) is 4.24. The summed E-state index contributed by atoms with van der Waals surface area (Å²) in [5.41, 5.74) is 1.28. The van der Waals surface area contributed by atoms with Gasteiger partial charge in [-0.1, -0.05) is 0 Å². The Labute approximate surface area is 115 Å². The van der Waals surface area contributed by atoms with Crippen molar-refractivity contribution in [3.8, 4) is 0 Å². The molecule has 2 aromatic rings. The van der Waals surface area contributed by atoms with E-state index in [0.717, 1.165) is 20.6 Å². The molecule has 2 nitrogen and oxygen atoms in total. The van der Waals surface area contributed by atoms with Gasteiger partial charge in [-0.3, -0.25) is 0 Å². The summed E-state index contributed by atoms with van der Waals surface area (Å²) in [6.07, 6.45) is 1.69. The summed E-state index contributed by atoms with van der Waals surface area (Å²) in [5, 5.41) is 5.56. The Hall–Kier alpha value is -0.100. The van der Waals surface area contributed by atoms with E-state index in [4.69, 9.17) is 4.42 Å². The van der Waals surface area contributed by atoms with E-state index in [1.165, 1.54) is 5.56 Å². The molecule has 0 amide bonds. The standard InChI is InChI=1S/C11H11Br2NOS/c1-7(11-9(12)2-3-15-11)14-5-8-4-10(13)16-6-8/h2-4,6-7,14H,5H2,1H3. The van der Waals surface area contributed by atoms with E-state index in [0.29, 0.717) is 0 Å². The predicted octanol–water partition coefficient (Wildman–Crippen LogP) is 4.72. The fourth-order valence-corrected chi connectivity index (χ4v) is 3.17. The summed E-state index contributed by atoms with van der Waals surface area (Å²) >= 11 is 8.61. The van der Waals surface area contributed by atoms with Crippen molar-refractivity contribution in [3.63, 3.8) is 0 Å². The third-order valence-corrected chi connectivity index (χ3v) is 4.48. The molecule has 1 atom stereocenters. The SMILES string of the molecule is CC(NCc1csc(Br)c1)c1occc1Br. The summed E-state index contributed by atoms with van der Waals surface area (Å²) < 4.78 is 7.58. The lowest BCUT2D eigenvalue weighted by molar-refractivity contribution is 0.428. The number of hydrogen-bond acceptors (Lipinski definition) is 3. The maximum absolute atomic E-state index is 5.40. The molecule has 2 heterocycles. The summed E-state index contributed by atoms with van der Waals surface area (Å²) in [7, 11) is 0. The van der Waals surface area contributed by atoms with Crippen molar-refractivity contribution in [2.24, 2.45) is 0 Å². The summed E-state index contributed by atoms with van der Waals surface area (Å²) in [4.78, 5) is 0. The average molecular weight is 365 g/mol. The Kier molecular flexibility index (Phi) is 4.24. The van der Waals surface area contributed by atoms with Crippen molar-refractivity contribution >= 4 is 43.2 Å². The zero-order chi connectivity index (χ0) is 11.5. The first-order chi connectivity index (χ1) is 7.66. The van der Waals surface area contributed by atoms with Crippen LogP contribution in [0.1, 0.15) is 24.3 Å². The molecule has 0 saturated heterocycles. The van der Waals surface area contributed by atoms with E-state index in [1.54, 1.807) is 17.6 Å². The number of rotatable bonds is 4. The van der Waals surface area contributed by atoms with Crippen LogP contribution < -0.4 is 5.32 Å². The second-order valence-corrected chi connectivity index (χ2v) is 6.64. The van der Waals surface area contributed by atoms with Crippen LogP contribution >= 0.6 is 43.2 Å². The zero-order valence-corrected chi connectivity index (χ0v) is 12.7. The lowest BCUT2D eigenvalue weighted by Crippen LogP contribution is -2.17. The van der Waals surface area contributed by atoms with E-state index in [9.17, 15) is 0 Å². The molecule has 0 spiro atoms. The topological polar surface area (TPSA) is 25.2 Å². The van der Waals surface area contributed by atoms with Crippen LogP contribution in [0.3, 0.4) is 0 Å². The van der Waals surface area contributed by atoms with Crippen molar-refractivity contribution in [1.29, 1.82) is 0 Å². The van der Waals surface area contributed by atoms with Crippen molar-refractivity contribution < 1.29 is 4.42 Å². The quantitative estimate of drug-likeness (QED) is 0.849. The van der Waals surface area contributed by atoms with Gasteiger partial charge in [0.1, 0.15) is 5.76 Å². The molecule has 0 saturated carbocycles. The molecule has 0 aliphatic rings. The van der Waals surface area contributed by atoms with E-state index < -0.39 is 0 Å². The zero-order valence-electron chi connectivity index (χ0n) is 8.67. The Morgan fingerprint density at radius 3 is 2.88 bits per heavy atom. The molecular formula is C11H11Br2NOS. The van der Waals surface area contributed by atoms with Gasteiger partial charge in [-0.2, -0.15) is 0 Å². The second kappa shape index (κ2) is 5.49. The van der Waals surface area contributed by atoms with E-state index in [1.807, 2.05) is 6.07 Å². The van der Waals surface area contributed by atoms with Crippen LogP contribution in [0.2, 0.25) is 0 Å². The first kappa shape index (κ1) is 12.4. The van der Waals surface area contributed by atoms with Crippen LogP contribution in [0.25, 0.3) is 0 Å². The first-order valence-electron chi connectivity index (χ1n) is 4.86. The van der Waals surface area contributed by atoms with Crippen molar-refractivity contribution in [2.75, 3.05) is 0 Å². The predicted molar refractivity (Wildman–Crippen MR) is 73.7 cm³/mol. The molecule has 2 rings (SSSR count). The van der Waals surface area contributed by atoms with Crippen molar-refractivity contribution in [2.45, 2.75) is 19.5 Å². The van der Waals surface area contributed by atoms with Gasteiger partial charge in [-0.15, -0.1) is 11.3 Å². The Bertz CT molecular complexity index is 466. The number of nitrogens with one attached hydrogen (secondary N) is 1. The molecule has 16 heavy (non-hydrogen) atoms. The molecule has 0 bridgehead atoms. The van der Waals surface area contributed by atoms with Gasteiger partial charge < -0.3 is 9.73 Å². The van der Waals surface area contributed by atoms with Crippen LogP contribution in [-0.2, 0) is 6.54 Å². The van der Waals surface area contributed by atoms with Crippen LogP contribution in [-0.4, -0.2) is 0 Å². The highest BCUT2D eigenvalue weighted by molar-refractivity contribution is 9.11. The Morgan fingerprint density at radius 2 is 2.31 bits per heavy atom. The van der Waals surface area contributed by atoms with Gasteiger partial charge in [0.2, 0.25) is 0 Å². The third kappa shape index (κ3) is 2.97. The molecule has 2 aromatic heterocycles. The highest BCUT2D eigenvalue weighted by Gasteiger charge is 2.12. The van der Waals surface area contributed by atoms with E-state index in [2.05, 4.69) is 55.5 Å². The molecule has 0 aliphatic heterocycles. The lowest BCUT2D eigenvalue weighted by Gasteiger charge is -2.10. The molecule has 86 valence electrons. The van der Waals surface area contributed by atoms with Crippen LogP contribution in [0.15, 0.2) is 36.5 Å².